The molecule has 0 aliphatic rings. The van der Waals surface area contributed by atoms with Gasteiger partial charge in [-0.1, -0.05) is 54.6 Å². The van der Waals surface area contributed by atoms with Gasteiger partial charge in [0.15, 0.2) is 0 Å². The molecule has 28 heavy (non-hydrogen) atoms. The van der Waals surface area contributed by atoms with Crippen molar-refractivity contribution in [2.75, 3.05) is 5.32 Å². The molecule has 0 atom stereocenters. The van der Waals surface area contributed by atoms with Gasteiger partial charge in [-0.25, -0.2) is 0 Å². The van der Waals surface area contributed by atoms with E-state index in [0.717, 1.165) is 22.4 Å². The van der Waals surface area contributed by atoms with Gasteiger partial charge < -0.3 is 10.6 Å². The minimum Gasteiger partial charge on any atom is -0.381 e. The number of non-ortho nitro benzene ring substituents is 1. The number of nitro groups is 1. The molecule has 6 heteroatoms. The topological polar surface area (TPSA) is 84.3 Å². The van der Waals surface area contributed by atoms with E-state index in [-0.39, 0.29) is 11.6 Å². The van der Waals surface area contributed by atoms with E-state index in [1.807, 2.05) is 54.6 Å². The van der Waals surface area contributed by atoms with Crippen LogP contribution in [0, 0.1) is 10.1 Å². The third kappa shape index (κ3) is 5.67. The second-order valence-corrected chi connectivity index (χ2v) is 6.41. The molecule has 0 saturated heterocycles. The summed E-state index contributed by atoms with van der Waals surface area (Å²) in [6.45, 7) is 1.09. The SMILES string of the molecule is O=C(Cc1ccc(NCc2ccc([N+](=O)[O-])cc2)cc1)NCc1ccccc1. The molecule has 0 spiro atoms. The summed E-state index contributed by atoms with van der Waals surface area (Å²) < 4.78 is 0. The van der Waals surface area contributed by atoms with Crippen molar-refractivity contribution in [3.8, 4) is 0 Å². The lowest BCUT2D eigenvalue weighted by Crippen LogP contribution is -2.24. The highest BCUT2D eigenvalue weighted by atomic mass is 16.6. The zero-order valence-corrected chi connectivity index (χ0v) is 15.3. The molecule has 0 bridgehead atoms. The van der Waals surface area contributed by atoms with Crippen molar-refractivity contribution in [3.05, 3.63) is 106 Å². The fraction of sp³-hybridized carbons (Fsp3) is 0.136. The second kappa shape index (κ2) is 9.32. The number of carbonyl (C=O) groups excluding carboxylic acids is 1. The summed E-state index contributed by atoms with van der Waals surface area (Å²) in [6.07, 6.45) is 0.329. The van der Waals surface area contributed by atoms with Gasteiger partial charge in [-0.05, 0) is 28.8 Å². The predicted octanol–water partition coefficient (Wildman–Crippen LogP) is 4.07. The summed E-state index contributed by atoms with van der Waals surface area (Å²) >= 11 is 0. The zero-order chi connectivity index (χ0) is 19.8. The number of rotatable bonds is 8. The van der Waals surface area contributed by atoms with Gasteiger partial charge >= 0.3 is 0 Å². The smallest absolute Gasteiger partial charge is 0.269 e. The van der Waals surface area contributed by atoms with E-state index in [1.165, 1.54) is 12.1 Å². The highest BCUT2D eigenvalue weighted by molar-refractivity contribution is 5.78. The van der Waals surface area contributed by atoms with Crippen LogP contribution >= 0.6 is 0 Å². The van der Waals surface area contributed by atoms with Gasteiger partial charge in [-0.15, -0.1) is 0 Å². The van der Waals surface area contributed by atoms with Crippen LogP contribution in [-0.2, 0) is 24.3 Å². The highest BCUT2D eigenvalue weighted by Crippen LogP contribution is 2.15. The molecule has 1 amide bonds. The second-order valence-electron chi connectivity index (χ2n) is 6.41. The fourth-order valence-corrected chi connectivity index (χ4v) is 2.72. The molecule has 6 nitrogen and oxygen atoms in total. The van der Waals surface area contributed by atoms with Crippen LogP contribution in [0.25, 0.3) is 0 Å². The minimum absolute atomic E-state index is 0.0181. The lowest BCUT2D eigenvalue weighted by Gasteiger charge is -2.08. The lowest BCUT2D eigenvalue weighted by atomic mass is 10.1. The first-order valence-electron chi connectivity index (χ1n) is 8.97. The Morgan fingerprint density at radius 2 is 1.39 bits per heavy atom. The normalized spacial score (nSPS) is 10.3. The Balaban J connectivity index is 1.46. The fourth-order valence-electron chi connectivity index (χ4n) is 2.72. The molecule has 142 valence electrons. The molecule has 0 fully saturated rings. The van der Waals surface area contributed by atoms with Crippen molar-refractivity contribution in [2.45, 2.75) is 19.5 Å². The van der Waals surface area contributed by atoms with Crippen molar-refractivity contribution in [3.63, 3.8) is 0 Å². The molecule has 0 aromatic heterocycles. The molecule has 0 aliphatic carbocycles. The molecule has 0 aliphatic heterocycles. The van der Waals surface area contributed by atoms with Crippen LogP contribution in [0.2, 0.25) is 0 Å². The maximum Gasteiger partial charge on any atom is 0.269 e. The van der Waals surface area contributed by atoms with Crippen molar-refractivity contribution >= 4 is 17.3 Å². The van der Waals surface area contributed by atoms with Crippen LogP contribution in [0.1, 0.15) is 16.7 Å². The number of hydrogen-bond acceptors (Lipinski definition) is 4. The molecule has 0 radical (unpaired) electrons. The number of nitrogens with one attached hydrogen (secondary N) is 2. The van der Waals surface area contributed by atoms with Gasteiger partial charge in [0.25, 0.3) is 5.69 Å². The van der Waals surface area contributed by atoms with E-state index in [4.69, 9.17) is 0 Å². The van der Waals surface area contributed by atoms with Gasteiger partial charge in [0.1, 0.15) is 0 Å². The van der Waals surface area contributed by atoms with E-state index >= 15 is 0 Å². The summed E-state index contributed by atoms with van der Waals surface area (Å²) in [5.41, 5.74) is 3.97. The maximum atomic E-state index is 12.1. The molecule has 2 N–H and O–H groups in total. The minimum atomic E-state index is -0.411. The van der Waals surface area contributed by atoms with E-state index in [2.05, 4.69) is 10.6 Å². The number of nitro benzene ring substituents is 1. The first-order chi connectivity index (χ1) is 13.6. The van der Waals surface area contributed by atoms with Gasteiger partial charge in [0.2, 0.25) is 5.91 Å². The highest BCUT2D eigenvalue weighted by Gasteiger charge is 2.05. The summed E-state index contributed by atoms with van der Waals surface area (Å²) in [7, 11) is 0. The molecule has 0 unspecified atom stereocenters. The van der Waals surface area contributed by atoms with E-state index in [0.29, 0.717) is 19.5 Å². The number of anilines is 1. The van der Waals surface area contributed by atoms with Crippen LogP contribution < -0.4 is 10.6 Å². The van der Waals surface area contributed by atoms with Crippen LogP contribution in [0.3, 0.4) is 0 Å². The predicted molar refractivity (Wildman–Crippen MR) is 109 cm³/mol. The van der Waals surface area contributed by atoms with Crippen molar-refractivity contribution < 1.29 is 9.72 Å². The quantitative estimate of drug-likeness (QED) is 0.459. The monoisotopic (exact) mass is 375 g/mol. The number of benzene rings is 3. The Kier molecular flexibility index (Phi) is 6.36. The first kappa shape index (κ1) is 19.1. The molecular formula is C22H21N3O3. The summed E-state index contributed by atoms with van der Waals surface area (Å²) in [4.78, 5) is 22.3. The van der Waals surface area contributed by atoms with Gasteiger partial charge in [-0.2, -0.15) is 0 Å². The average Bonchev–Trinajstić information content (AvgIpc) is 2.73. The van der Waals surface area contributed by atoms with Crippen LogP contribution in [0.4, 0.5) is 11.4 Å². The Labute approximate surface area is 163 Å². The molecular weight excluding hydrogens is 354 g/mol. The third-order valence-corrected chi connectivity index (χ3v) is 4.29. The van der Waals surface area contributed by atoms with Crippen molar-refractivity contribution in [1.29, 1.82) is 0 Å². The van der Waals surface area contributed by atoms with Crippen molar-refractivity contribution in [2.24, 2.45) is 0 Å². The summed E-state index contributed by atoms with van der Waals surface area (Å²) in [6, 6.07) is 23.9. The Morgan fingerprint density at radius 3 is 2.04 bits per heavy atom. The maximum absolute atomic E-state index is 12.1. The van der Waals surface area contributed by atoms with Gasteiger partial charge in [-0.3, -0.25) is 14.9 Å². The Hall–Kier alpha value is -3.67. The van der Waals surface area contributed by atoms with E-state index in [1.54, 1.807) is 12.1 Å². The van der Waals surface area contributed by atoms with Gasteiger partial charge in [0, 0.05) is 30.9 Å². The Morgan fingerprint density at radius 1 is 0.786 bits per heavy atom. The van der Waals surface area contributed by atoms with Crippen molar-refractivity contribution in [1.82, 2.24) is 5.32 Å². The average molecular weight is 375 g/mol. The molecule has 0 heterocycles. The Bertz CT molecular complexity index is 924. The summed E-state index contributed by atoms with van der Waals surface area (Å²) in [5, 5.41) is 16.9. The molecule has 3 rings (SSSR count). The van der Waals surface area contributed by atoms with Crippen LogP contribution in [-0.4, -0.2) is 10.8 Å². The lowest BCUT2D eigenvalue weighted by molar-refractivity contribution is -0.384. The number of nitrogens with zero attached hydrogens (tertiary/aromatic N) is 1. The van der Waals surface area contributed by atoms with Crippen LogP contribution in [0.5, 0.6) is 0 Å². The number of hydrogen-bond donors (Lipinski definition) is 2. The van der Waals surface area contributed by atoms with E-state index < -0.39 is 4.92 Å². The van der Waals surface area contributed by atoms with Gasteiger partial charge in [0.05, 0.1) is 11.3 Å². The van der Waals surface area contributed by atoms with E-state index in [9.17, 15) is 14.9 Å². The number of amides is 1. The molecule has 3 aromatic rings. The first-order valence-corrected chi connectivity index (χ1v) is 8.97. The number of carbonyl (C=O) groups is 1. The zero-order valence-electron chi connectivity index (χ0n) is 15.3. The molecule has 3 aromatic carbocycles. The third-order valence-electron chi connectivity index (χ3n) is 4.29. The summed E-state index contributed by atoms with van der Waals surface area (Å²) in [5.74, 6) is -0.0181. The largest absolute Gasteiger partial charge is 0.381 e. The molecule has 0 saturated carbocycles. The van der Waals surface area contributed by atoms with Crippen LogP contribution in [0.15, 0.2) is 78.9 Å². The standard InChI is InChI=1S/C22H21N3O3/c26-22(24-16-18-4-2-1-3-5-18)14-17-6-10-20(11-7-17)23-15-19-8-12-21(13-9-19)25(27)28/h1-13,23H,14-16H2,(H,24,26).